The number of hydrogen-bond acceptors (Lipinski definition) is 3. The smallest absolute Gasteiger partial charge is 0.339 e. The van der Waals surface area contributed by atoms with Crippen LogP contribution in [-0.2, 0) is 6.54 Å². The molecule has 98 valence electrons. The van der Waals surface area contributed by atoms with Crippen molar-refractivity contribution in [3.05, 3.63) is 29.3 Å². The van der Waals surface area contributed by atoms with E-state index in [4.69, 9.17) is 9.84 Å². The Morgan fingerprint density at radius 1 is 1.44 bits per heavy atom. The Kier molecular flexibility index (Phi) is 4.20. The predicted octanol–water partition coefficient (Wildman–Crippen LogP) is 2.43. The first-order valence-corrected chi connectivity index (χ1v) is 6.34. The van der Waals surface area contributed by atoms with Crippen molar-refractivity contribution >= 4 is 5.97 Å². The van der Waals surface area contributed by atoms with E-state index >= 15 is 0 Å². The lowest BCUT2D eigenvalue weighted by molar-refractivity contribution is 0.0693. The van der Waals surface area contributed by atoms with E-state index in [-0.39, 0.29) is 5.56 Å². The fourth-order valence-electron chi connectivity index (χ4n) is 2.41. The Morgan fingerprint density at radius 2 is 2.17 bits per heavy atom. The first-order chi connectivity index (χ1) is 8.70. The minimum Gasteiger partial charge on any atom is -0.496 e. The number of aromatic carboxylic acids is 1. The van der Waals surface area contributed by atoms with E-state index in [1.807, 2.05) is 6.07 Å². The first-order valence-electron chi connectivity index (χ1n) is 6.34. The van der Waals surface area contributed by atoms with E-state index in [0.29, 0.717) is 11.8 Å². The molecule has 4 nitrogen and oxygen atoms in total. The molecular weight excluding hydrogens is 230 g/mol. The van der Waals surface area contributed by atoms with Gasteiger partial charge in [-0.1, -0.05) is 18.9 Å². The number of rotatable bonds is 5. The van der Waals surface area contributed by atoms with Crippen LogP contribution in [-0.4, -0.2) is 24.2 Å². The highest BCUT2D eigenvalue weighted by Gasteiger charge is 2.15. The molecule has 0 spiro atoms. The van der Waals surface area contributed by atoms with Crippen LogP contribution >= 0.6 is 0 Å². The van der Waals surface area contributed by atoms with Gasteiger partial charge in [-0.3, -0.25) is 0 Å². The summed E-state index contributed by atoms with van der Waals surface area (Å²) in [6, 6.07) is 5.85. The van der Waals surface area contributed by atoms with Gasteiger partial charge in [0.1, 0.15) is 11.3 Å². The normalized spacial score (nSPS) is 15.8. The maximum absolute atomic E-state index is 11.0. The number of nitrogens with one attached hydrogen (secondary N) is 1. The van der Waals surface area contributed by atoms with Crippen molar-refractivity contribution in [2.75, 3.05) is 7.11 Å². The Bertz CT molecular complexity index is 425. The highest BCUT2D eigenvalue weighted by atomic mass is 16.5. The molecule has 0 amide bonds. The standard InChI is InChI=1S/C14H19NO3/c1-18-13-8-10(6-7-12(13)14(16)17)9-15-11-4-2-3-5-11/h6-8,11,15H,2-5,9H2,1H3,(H,16,17). The van der Waals surface area contributed by atoms with Crippen LogP contribution in [0.25, 0.3) is 0 Å². The monoisotopic (exact) mass is 249 g/mol. The van der Waals surface area contributed by atoms with Gasteiger partial charge in [0.05, 0.1) is 7.11 Å². The van der Waals surface area contributed by atoms with Crippen LogP contribution in [0.15, 0.2) is 18.2 Å². The molecule has 0 saturated heterocycles. The van der Waals surface area contributed by atoms with Crippen molar-refractivity contribution in [3.8, 4) is 5.75 Å². The third-order valence-electron chi connectivity index (χ3n) is 3.45. The predicted molar refractivity (Wildman–Crippen MR) is 69.0 cm³/mol. The molecular formula is C14H19NO3. The average Bonchev–Trinajstić information content (AvgIpc) is 2.88. The Balaban J connectivity index is 2.02. The van der Waals surface area contributed by atoms with Gasteiger partial charge in [-0.05, 0) is 30.5 Å². The number of hydrogen-bond donors (Lipinski definition) is 2. The molecule has 2 rings (SSSR count). The topological polar surface area (TPSA) is 58.6 Å². The second kappa shape index (κ2) is 5.87. The summed E-state index contributed by atoms with van der Waals surface area (Å²) in [4.78, 5) is 11.0. The molecule has 1 fully saturated rings. The fraction of sp³-hybridized carbons (Fsp3) is 0.500. The lowest BCUT2D eigenvalue weighted by Crippen LogP contribution is -2.25. The summed E-state index contributed by atoms with van der Waals surface area (Å²) in [6.45, 7) is 0.765. The zero-order chi connectivity index (χ0) is 13.0. The highest BCUT2D eigenvalue weighted by molar-refractivity contribution is 5.90. The van der Waals surface area contributed by atoms with Crippen molar-refractivity contribution in [1.82, 2.24) is 5.32 Å². The molecule has 1 saturated carbocycles. The molecule has 1 aliphatic rings. The van der Waals surface area contributed by atoms with Crippen molar-refractivity contribution in [2.24, 2.45) is 0 Å². The zero-order valence-electron chi connectivity index (χ0n) is 10.6. The van der Waals surface area contributed by atoms with Crippen LogP contribution in [0.2, 0.25) is 0 Å². The molecule has 0 radical (unpaired) electrons. The summed E-state index contributed by atoms with van der Waals surface area (Å²) in [7, 11) is 1.50. The van der Waals surface area contributed by atoms with Gasteiger partial charge in [-0.25, -0.2) is 4.79 Å². The Morgan fingerprint density at radius 3 is 2.78 bits per heavy atom. The summed E-state index contributed by atoms with van der Waals surface area (Å²) < 4.78 is 5.11. The molecule has 2 N–H and O–H groups in total. The van der Waals surface area contributed by atoms with Gasteiger partial charge >= 0.3 is 5.97 Å². The Hall–Kier alpha value is -1.55. The Labute approximate surface area is 107 Å². The van der Waals surface area contributed by atoms with Gasteiger partial charge in [-0.15, -0.1) is 0 Å². The molecule has 0 heterocycles. The number of carboxylic acids is 1. The van der Waals surface area contributed by atoms with Gasteiger partial charge in [-0.2, -0.15) is 0 Å². The molecule has 18 heavy (non-hydrogen) atoms. The lowest BCUT2D eigenvalue weighted by atomic mass is 10.1. The SMILES string of the molecule is COc1cc(CNC2CCCC2)ccc1C(=O)O. The highest BCUT2D eigenvalue weighted by Crippen LogP contribution is 2.21. The van der Waals surface area contributed by atoms with E-state index in [2.05, 4.69) is 5.32 Å². The minimum absolute atomic E-state index is 0.210. The molecule has 0 bridgehead atoms. The molecule has 1 aromatic carbocycles. The number of carbonyl (C=O) groups is 1. The summed E-state index contributed by atoms with van der Waals surface area (Å²) in [5.74, 6) is -0.532. The van der Waals surface area contributed by atoms with Gasteiger partial charge in [0, 0.05) is 12.6 Å². The van der Waals surface area contributed by atoms with Crippen molar-refractivity contribution in [3.63, 3.8) is 0 Å². The van der Waals surface area contributed by atoms with E-state index in [9.17, 15) is 4.79 Å². The van der Waals surface area contributed by atoms with Gasteiger partial charge < -0.3 is 15.2 Å². The van der Waals surface area contributed by atoms with Crippen LogP contribution in [0, 0.1) is 0 Å². The van der Waals surface area contributed by atoms with Gasteiger partial charge in [0.25, 0.3) is 0 Å². The number of ether oxygens (including phenoxy) is 1. The number of benzene rings is 1. The first kappa shape index (κ1) is 12.9. The lowest BCUT2D eigenvalue weighted by Gasteiger charge is -2.13. The molecule has 4 heteroatoms. The van der Waals surface area contributed by atoms with Crippen molar-refractivity contribution in [2.45, 2.75) is 38.3 Å². The van der Waals surface area contributed by atoms with E-state index in [0.717, 1.165) is 12.1 Å². The zero-order valence-corrected chi connectivity index (χ0v) is 10.6. The summed E-state index contributed by atoms with van der Waals surface area (Å²) >= 11 is 0. The quantitative estimate of drug-likeness (QED) is 0.841. The fourth-order valence-corrected chi connectivity index (χ4v) is 2.41. The average molecular weight is 249 g/mol. The molecule has 1 aliphatic carbocycles. The van der Waals surface area contributed by atoms with Crippen LogP contribution < -0.4 is 10.1 Å². The maximum atomic E-state index is 11.0. The number of carboxylic acid groups (broad SMARTS) is 1. The van der Waals surface area contributed by atoms with Gasteiger partial charge in [0.15, 0.2) is 0 Å². The second-order valence-electron chi connectivity index (χ2n) is 4.70. The van der Waals surface area contributed by atoms with E-state index < -0.39 is 5.97 Å². The molecule has 0 atom stereocenters. The van der Waals surface area contributed by atoms with Crippen LogP contribution in [0.4, 0.5) is 0 Å². The van der Waals surface area contributed by atoms with E-state index in [1.54, 1.807) is 12.1 Å². The minimum atomic E-state index is -0.956. The number of methoxy groups -OCH3 is 1. The van der Waals surface area contributed by atoms with Crippen LogP contribution in [0.5, 0.6) is 5.75 Å². The second-order valence-corrected chi connectivity index (χ2v) is 4.70. The molecule has 0 aliphatic heterocycles. The van der Waals surface area contributed by atoms with Crippen molar-refractivity contribution in [1.29, 1.82) is 0 Å². The van der Waals surface area contributed by atoms with Gasteiger partial charge in [0.2, 0.25) is 0 Å². The largest absolute Gasteiger partial charge is 0.496 e. The summed E-state index contributed by atoms with van der Waals surface area (Å²) in [6.07, 6.45) is 5.09. The molecule has 1 aromatic rings. The summed E-state index contributed by atoms with van der Waals surface area (Å²) in [5, 5.41) is 12.5. The molecule has 0 aromatic heterocycles. The van der Waals surface area contributed by atoms with Crippen molar-refractivity contribution < 1.29 is 14.6 Å². The molecule has 0 unspecified atom stereocenters. The third kappa shape index (κ3) is 3.01. The third-order valence-corrected chi connectivity index (χ3v) is 3.45. The summed E-state index contributed by atoms with van der Waals surface area (Å²) in [5.41, 5.74) is 1.27. The van der Waals surface area contributed by atoms with E-state index in [1.165, 1.54) is 32.8 Å². The maximum Gasteiger partial charge on any atom is 0.339 e. The van der Waals surface area contributed by atoms with Crippen LogP contribution in [0.3, 0.4) is 0 Å². The van der Waals surface area contributed by atoms with Crippen LogP contribution in [0.1, 0.15) is 41.6 Å².